The molecule has 0 aromatic rings. The van der Waals surface area contributed by atoms with Crippen LogP contribution >= 0.6 is 11.8 Å². The van der Waals surface area contributed by atoms with Crippen molar-refractivity contribution in [2.45, 2.75) is 13.1 Å². The van der Waals surface area contributed by atoms with Crippen molar-refractivity contribution in [3.8, 4) is 0 Å². The molecule has 2 heteroatoms. The molecule has 6 heavy (non-hydrogen) atoms. The van der Waals surface area contributed by atoms with Gasteiger partial charge in [0.1, 0.15) is 7.28 Å². The van der Waals surface area contributed by atoms with Gasteiger partial charge in [-0.25, -0.2) is 0 Å². The molecule has 0 unspecified atom stereocenters. The standard InChI is InChI=1S/C4H11BS/c1-5-3-4-6-2/h5H,3-4H2,1-2H3. The van der Waals surface area contributed by atoms with E-state index < -0.39 is 0 Å². The van der Waals surface area contributed by atoms with Crippen LogP contribution in [0.4, 0.5) is 0 Å². The fourth-order valence-corrected chi connectivity index (χ4v) is 0.866. The van der Waals surface area contributed by atoms with Gasteiger partial charge in [0.2, 0.25) is 0 Å². The molecule has 0 N–H and O–H groups in total. The zero-order valence-electron chi connectivity index (χ0n) is 4.53. The predicted octanol–water partition coefficient (Wildman–Crippen LogP) is 1.25. The summed E-state index contributed by atoms with van der Waals surface area (Å²) in [6, 6.07) is 0. The molecule has 0 amide bonds. The molecule has 0 aromatic carbocycles. The van der Waals surface area contributed by atoms with E-state index in [1.807, 2.05) is 11.8 Å². The summed E-state index contributed by atoms with van der Waals surface area (Å²) in [6.45, 7) is 2.22. The van der Waals surface area contributed by atoms with E-state index >= 15 is 0 Å². The van der Waals surface area contributed by atoms with Crippen molar-refractivity contribution in [1.29, 1.82) is 0 Å². The van der Waals surface area contributed by atoms with Crippen molar-refractivity contribution in [2.24, 2.45) is 0 Å². The summed E-state index contributed by atoms with van der Waals surface area (Å²) in [5.74, 6) is 1.33. The van der Waals surface area contributed by atoms with Gasteiger partial charge in [-0.15, -0.1) is 0 Å². The van der Waals surface area contributed by atoms with Crippen LogP contribution in [0.25, 0.3) is 0 Å². The minimum Gasteiger partial charge on any atom is -0.166 e. The molecular weight excluding hydrogens is 90.9 g/mol. The predicted molar refractivity (Wildman–Crippen MR) is 36.2 cm³/mol. The molecule has 0 fully saturated rings. The molecule has 0 saturated heterocycles. The Bertz CT molecular complexity index is 19.5. The van der Waals surface area contributed by atoms with E-state index in [4.69, 9.17) is 0 Å². The Morgan fingerprint density at radius 1 is 1.67 bits per heavy atom. The van der Waals surface area contributed by atoms with Crippen molar-refractivity contribution in [3.63, 3.8) is 0 Å². The molecule has 0 heterocycles. The fraction of sp³-hybridized carbons (Fsp3) is 1.00. The van der Waals surface area contributed by atoms with E-state index in [-0.39, 0.29) is 0 Å². The lowest BCUT2D eigenvalue weighted by molar-refractivity contribution is 1.48. The molecule has 0 bridgehead atoms. The quantitative estimate of drug-likeness (QED) is 0.381. The maximum Gasteiger partial charge on any atom is 0.118 e. The van der Waals surface area contributed by atoms with Gasteiger partial charge in [0.25, 0.3) is 0 Å². The van der Waals surface area contributed by atoms with E-state index in [9.17, 15) is 0 Å². The lowest BCUT2D eigenvalue weighted by atomic mass is 9.79. The average Bonchev–Trinajstić information content (AvgIpc) is 1.61. The summed E-state index contributed by atoms with van der Waals surface area (Å²) >= 11 is 1.93. The highest BCUT2D eigenvalue weighted by atomic mass is 32.2. The van der Waals surface area contributed by atoms with Crippen molar-refractivity contribution >= 4 is 19.0 Å². The number of hydrogen-bond donors (Lipinski definition) is 0. The molecule has 36 valence electrons. The first-order chi connectivity index (χ1) is 2.91. The summed E-state index contributed by atoms with van der Waals surface area (Å²) in [7, 11) is 1.33. The largest absolute Gasteiger partial charge is 0.166 e. The highest BCUT2D eigenvalue weighted by molar-refractivity contribution is 7.98. The Morgan fingerprint density at radius 2 is 2.33 bits per heavy atom. The van der Waals surface area contributed by atoms with Crippen molar-refractivity contribution in [2.75, 3.05) is 12.0 Å². The minimum absolute atomic E-state index is 1.33. The van der Waals surface area contributed by atoms with Crippen LogP contribution in [0.5, 0.6) is 0 Å². The molecule has 0 aliphatic carbocycles. The van der Waals surface area contributed by atoms with Gasteiger partial charge in [-0.2, -0.15) is 11.8 Å². The summed E-state index contributed by atoms with van der Waals surface area (Å²) in [5, 5.41) is 0. The van der Waals surface area contributed by atoms with Gasteiger partial charge in [0.15, 0.2) is 0 Å². The molecule has 0 radical (unpaired) electrons. The number of hydrogen-bond acceptors (Lipinski definition) is 1. The van der Waals surface area contributed by atoms with Crippen LogP contribution in [0, 0.1) is 0 Å². The number of rotatable bonds is 3. The molecule has 0 spiro atoms. The maximum atomic E-state index is 2.22. The molecular formula is C4H11BS. The van der Waals surface area contributed by atoms with Crippen molar-refractivity contribution in [1.82, 2.24) is 0 Å². The van der Waals surface area contributed by atoms with Gasteiger partial charge in [0, 0.05) is 0 Å². The van der Waals surface area contributed by atoms with Crippen LogP contribution in [0.2, 0.25) is 13.1 Å². The summed E-state index contributed by atoms with van der Waals surface area (Å²) in [4.78, 5) is 0. The molecule has 0 aliphatic rings. The normalized spacial score (nSPS) is 8.33. The lowest BCUT2D eigenvalue weighted by Gasteiger charge is -1.84. The van der Waals surface area contributed by atoms with Gasteiger partial charge < -0.3 is 0 Å². The Kier molecular flexibility index (Phi) is 5.79. The highest BCUT2D eigenvalue weighted by Crippen LogP contribution is 1.93. The first-order valence-corrected chi connectivity index (χ1v) is 3.80. The molecule has 0 aliphatic heterocycles. The third kappa shape index (κ3) is 4.41. The number of thioether (sulfide) groups is 1. The van der Waals surface area contributed by atoms with E-state index in [0.29, 0.717) is 0 Å². The van der Waals surface area contributed by atoms with Gasteiger partial charge in [-0.1, -0.05) is 13.1 Å². The summed E-state index contributed by atoms with van der Waals surface area (Å²) in [6.07, 6.45) is 3.52. The monoisotopic (exact) mass is 102 g/mol. The Balaban J connectivity index is 2.34. The zero-order valence-corrected chi connectivity index (χ0v) is 5.35. The molecule has 0 rings (SSSR count). The van der Waals surface area contributed by atoms with Gasteiger partial charge in [-0.3, -0.25) is 0 Å². The highest BCUT2D eigenvalue weighted by Gasteiger charge is 1.77. The fourth-order valence-electron chi connectivity index (χ4n) is 0.289. The van der Waals surface area contributed by atoms with E-state index in [2.05, 4.69) is 13.1 Å². The maximum absolute atomic E-state index is 2.22. The van der Waals surface area contributed by atoms with Crippen LogP contribution in [0.15, 0.2) is 0 Å². The van der Waals surface area contributed by atoms with Crippen LogP contribution < -0.4 is 0 Å². The summed E-state index contributed by atoms with van der Waals surface area (Å²) in [5.41, 5.74) is 0. The molecule has 0 atom stereocenters. The second-order valence-corrected chi connectivity index (χ2v) is 2.33. The third-order valence-corrected chi connectivity index (χ3v) is 1.40. The smallest absolute Gasteiger partial charge is 0.118 e. The second kappa shape index (κ2) is 5.41. The second-order valence-electron chi connectivity index (χ2n) is 1.35. The van der Waals surface area contributed by atoms with Crippen LogP contribution in [-0.4, -0.2) is 19.3 Å². The van der Waals surface area contributed by atoms with Crippen LogP contribution in [0.3, 0.4) is 0 Å². The topological polar surface area (TPSA) is 0 Å². The van der Waals surface area contributed by atoms with Crippen molar-refractivity contribution < 1.29 is 0 Å². The van der Waals surface area contributed by atoms with Gasteiger partial charge >= 0.3 is 0 Å². The third-order valence-electron chi connectivity index (χ3n) is 0.702. The molecule has 0 aromatic heterocycles. The Hall–Kier alpha value is 0.415. The first kappa shape index (κ1) is 6.41. The average molecular weight is 102 g/mol. The van der Waals surface area contributed by atoms with E-state index in [1.165, 1.54) is 19.4 Å². The zero-order chi connectivity index (χ0) is 4.83. The van der Waals surface area contributed by atoms with Crippen LogP contribution in [0.1, 0.15) is 0 Å². The Labute approximate surface area is 44.9 Å². The van der Waals surface area contributed by atoms with Crippen molar-refractivity contribution in [3.05, 3.63) is 0 Å². The minimum atomic E-state index is 1.33. The lowest BCUT2D eigenvalue weighted by Crippen LogP contribution is -1.81. The molecule has 0 saturated carbocycles. The van der Waals surface area contributed by atoms with Gasteiger partial charge in [-0.05, 0) is 12.0 Å². The van der Waals surface area contributed by atoms with E-state index in [0.717, 1.165) is 0 Å². The van der Waals surface area contributed by atoms with E-state index in [1.54, 1.807) is 0 Å². The Morgan fingerprint density at radius 3 is 2.50 bits per heavy atom. The summed E-state index contributed by atoms with van der Waals surface area (Å²) < 4.78 is 0. The SMILES string of the molecule is CBCCSC. The van der Waals surface area contributed by atoms with Crippen LogP contribution in [-0.2, 0) is 0 Å². The molecule has 0 nitrogen and oxygen atoms in total. The first-order valence-electron chi connectivity index (χ1n) is 2.40. The van der Waals surface area contributed by atoms with Gasteiger partial charge in [0.05, 0.1) is 0 Å².